The van der Waals surface area contributed by atoms with E-state index in [1.54, 1.807) is 41.3 Å². The molecule has 150 valence electrons. The van der Waals surface area contributed by atoms with Crippen molar-refractivity contribution < 1.29 is 14.4 Å². The Morgan fingerprint density at radius 2 is 1.62 bits per heavy atom. The van der Waals surface area contributed by atoms with Crippen molar-refractivity contribution in [1.82, 2.24) is 10.2 Å². The van der Waals surface area contributed by atoms with Gasteiger partial charge in [-0.2, -0.15) is 0 Å². The van der Waals surface area contributed by atoms with Crippen LogP contribution >= 0.6 is 15.9 Å². The quantitative estimate of drug-likeness (QED) is 0.698. The molecule has 29 heavy (non-hydrogen) atoms. The molecule has 5 nitrogen and oxygen atoms in total. The Bertz CT molecular complexity index is 937. The van der Waals surface area contributed by atoms with Gasteiger partial charge in [-0.1, -0.05) is 34.1 Å². The van der Waals surface area contributed by atoms with Crippen molar-refractivity contribution in [3.05, 3.63) is 69.7 Å². The second kappa shape index (κ2) is 8.49. The largest absolute Gasteiger partial charge is 0.353 e. The number of rotatable bonds is 5. The lowest BCUT2D eigenvalue weighted by Gasteiger charge is -2.32. The molecule has 1 saturated carbocycles. The Morgan fingerprint density at radius 3 is 2.31 bits per heavy atom. The van der Waals surface area contributed by atoms with E-state index in [0.29, 0.717) is 35.8 Å². The molecule has 2 aliphatic rings. The normalized spacial score (nSPS) is 18.9. The molecule has 0 radical (unpaired) electrons. The fourth-order valence-electron chi connectivity index (χ4n) is 3.72. The number of benzene rings is 2. The SMILES string of the molecule is O=C(c1ccc(Br)cc1)c1ccccc1C(=O)N1CCCC(C(=O)NC2CC2)C1. The van der Waals surface area contributed by atoms with Crippen molar-refractivity contribution in [2.24, 2.45) is 5.92 Å². The molecular formula is C23H23BrN2O3. The van der Waals surface area contributed by atoms with Crippen molar-refractivity contribution in [3.8, 4) is 0 Å². The van der Waals surface area contributed by atoms with Gasteiger partial charge in [-0.3, -0.25) is 14.4 Å². The molecule has 1 unspecified atom stereocenters. The Labute approximate surface area is 178 Å². The third kappa shape index (κ3) is 4.58. The van der Waals surface area contributed by atoms with Gasteiger partial charge in [0.2, 0.25) is 5.91 Å². The number of nitrogens with zero attached hydrogens (tertiary/aromatic N) is 1. The Kier molecular flexibility index (Phi) is 5.81. The summed E-state index contributed by atoms with van der Waals surface area (Å²) in [6.45, 7) is 1.01. The highest BCUT2D eigenvalue weighted by molar-refractivity contribution is 9.10. The maximum absolute atomic E-state index is 13.2. The third-order valence-corrected chi connectivity index (χ3v) is 6.04. The molecule has 0 aromatic heterocycles. The predicted molar refractivity (Wildman–Crippen MR) is 114 cm³/mol. The number of hydrogen-bond acceptors (Lipinski definition) is 3. The number of amides is 2. The highest BCUT2D eigenvalue weighted by atomic mass is 79.9. The highest BCUT2D eigenvalue weighted by Gasteiger charge is 2.33. The van der Waals surface area contributed by atoms with E-state index in [1.165, 1.54) is 0 Å². The van der Waals surface area contributed by atoms with Crippen LogP contribution in [0.3, 0.4) is 0 Å². The number of piperidine rings is 1. The van der Waals surface area contributed by atoms with Crippen LogP contribution in [-0.2, 0) is 4.79 Å². The molecule has 0 bridgehead atoms. The van der Waals surface area contributed by atoms with Crippen molar-refractivity contribution in [3.63, 3.8) is 0 Å². The average Bonchev–Trinajstić information content (AvgIpc) is 3.57. The molecule has 1 heterocycles. The summed E-state index contributed by atoms with van der Waals surface area (Å²) < 4.78 is 0.891. The third-order valence-electron chi connectivity index (χ3n) is 5.51. The maximum atomic E-state index is 13.2. The monoisotopic (exact) mass is 454 g/mol. The van der Waals surface area contributed by atoms with E-state index in [4.69, 9.17) is 0 Å². The Balaban J connectivity index is 1.53. The fraction of sp³-hybridized carbons (Fsp3) is 0.348. The molecule has 1 N–H and O–H groups in total. The van der Waals surface area contributed by atoms with Gasteiger partial charge in [0, 0.05) is 34.7 Å². The topological polar surface area (TPSA) is 66.5 Å². The zero-order chi connectivity index (χ0) is 20.4. The lowest BCUT2D eigenvalue weighted by molar-refractivity contribution is -0.126. The molecule has 6 heteroatoms. The average molecular weight is 455 g/mol. The summed E-state index contributed by atoms with van der Waals surface area (Å²) in [5, 5.41) is 3.04. The van der Waals surface area contributed by atoms with Crippen LogP contribution in [0.2, 0.25) is 0 Å². The van der Waals surface area contributed by atoms with Gasteiger partial charge in [-0.05, 0) is 56.0 Å². The zero-order valence-corrected chi connectivity index (χ0v) is 17.7. The molecule has 1 atom stereocenters. The van der Waals surface area contributed by atoms with Crippen LogP contribution in [0.25, 0.3) is 0 Å². The molecule has 0 spiro atoms. The second-order valence-corrected chi connectivity index (χ2v) is 8.67. The summed E-state index contributed by atoms with van der Waals surface area (Å²) in [6.07, 6.45) is 3.68. The van der Waals surface area contributed by atoms with E-state index in [1.807, 2.05) is 12.1 Å². The minimum atomic E-state index is -0.185. The maximum Gasteiger partial charge on any atom is 0.254 e. The Hall–Kier alpha value is -2.47. The van der Waals surface area contributed by atoms with Crippen LogP contribution in [0.4, 0.5) is 0 Å². The minimum Gasteiger partial charge on any atom is -0.353 e. The van der Waals surface area contributed by atoms with E-state index >= 15 is 0 Å². The van der Waals surface area contributed by atoms with Crippen LogP contribution in [0.5, 0.6) is 0 Å². The van der Waals surface area contributed by atoms with Crippen molar-refractivity contribution in [2.75, 3.05) is 13.1 Å². The number of ketones is 1. The number of hydrogen-bond donors (Lipinski definition) is 1. The van der Waals surface area contributed by atoms with Gasteiger partial charge < -0.3 is 10.2 Å². The standard InChI is InChI=1S/C23H23BrN2O3/c24-17-9-7-15(8-10-17)21(27)19-5-1-2-6-20(19)23(29)26-13-3-4-16(14-26)22(28)25-18-11-12-18/h1-2,5-10,16,18H,3-4,11-14H2,(H,25,28). The molecule has 4 rings (SSSR count). The number of nitrogens with one attached hydrogen (secondary N) is 1. The lowest BCUT2D eigenvalue weighted by Crippen LogP contribution is -2.46. The number of carbonyl (C=O) groups is 3. The Morgan fingerprint density at radius 1 is 0.931 bits per heavy atom. The van der Waals surface area contributed by atoms with E-state index < -0.39 is 0 Å². The van der Waals surface area contributed by atoms with Gasteiger partial charge in [0.1, 0.15) is 0 Å². The first kappa shape index (κ1) is 19.8. The molecule has 2 aromatic rings. The summed E-state index contributed by atoms with van der Waals surface area (Å²) in [6, 6.07) is 14.4. The molecule has 2 aromatic carbocycles. The smallest absolute Gasteiger partial charge is 0.254 e. The summed E-state index contributed by atoms with van der Waals surface area (Å²) in [4.78, 5) is 40.4. The lowest BCUT2D eigenvalue weighted by atomic mass is 9.94. The molecule has 1 aliphatic heterocycles. The van der Waals surface area contributed by atoms with Crippen LogP contribution in [-0.4, -0.2) is 41.6 Å². The van der Waals surface area contributed by atoms with Crippen molar-refractivity contribution in [1.29, 1.82) is 0 Å². The van der Waals surface area contributed by atoms with Crippen LogP contribution in [0.15, 0.2) is 53.0 Å². The molecule has 1 aliphatic carbocycles. The highest BCUT2D eigenvalue weighted by Crippen LogP contribution is 2.24. The van der Waals surface area contributed by atoms with Gasteiger partial charge in [0.25, 0.3) is 5.91 Å². The molecule has 1 saturated heterocycles. The zero-order valence-electron chi connectivity index (χ0n) is 16.1. The van der Waals surface area contributed by atoms with Gasteiger partial charge in [-0.25, -0.2) is 0 Å². The van der Waals surface area contributed by atoms with Crippen molar-refractivity contribution >= 4 is 33.5 Å². The molecule has 2 amide bonds. The first-order chi connectivity index (χ1) is 14.0. The van der Waals surface area contributed by atoms with E-state index in [-0.39, 0.29) is 23.5 Å². The summed E-state index contributed by atoms with van der Waals surface area (Å²) in [5.41, 5.74) is 1.32. The number of halogens is 1. The first-order valence-corrected chi connectivity index (χ1v) is 10.8. The summed E-state index contributed by atoms with van der Waals surface area (Å²) in [5.74, 6) is -0.497. The minimum absolute atomic E-state index is 0.0456. The van der Waals surface area contributed by atoms with Crippen LogP contribution < -0.4 is 5.32 Å². The first-order valence-electron chi connectivity index (χ1n) is 10.0. The van der Waals surface area contributed by atoms with Crippen LogP contribution in [0, 0.1) is 5.92 Å². The van der Waals surface area contributed by atoms with Gasteiger partial charge >= 0.3 is 0 Å². The van der Waals surface area contributed by atoms with Gasteiger partial charge in [0.15, 0.2) is 5.78 Å². The van der Waals surface area contributed by atoms with Gasteiger partial charge in [0.05, 0.1) is 11.5 Å². The second-order valence-electron chi connectivity index (χ2n) is 7.75. The molecule has 2 fully saturated rings. The van der Waals surface area contributed by atoms with E-state index in [9.17, 15) is 14.4 Å². The fourth-order valence-corrected chi connectivity index (χ4v) is 3.98. The summed E-state index contributed by atoms with van der Waals surface area (Å²) >= 11 is 3.37. The summed E-state index contributed by atoms with van der Waals surface area (Å²) in [7, 11) is 0. The van der Waals surface area contributed by atoms with E-state index in [0.717, 1.165) is 30.2 Å². The van der Waals surface area contributed by atoms with E-state index in [2.05, 4.69) is 21.2 Å². The number of likely N-dealkylation sites (tertiary alicyclic amines) is 1. The van der Waals surface area contributed by atoms with Gasteiger partial charge in [-0.15, -0.1) is 0 Å². The van der Waals surface area contributed by atoms with Crippen LogP contribution in [0.1, 0.15) is 52.0 Å². The number of carbonyl (C=O) groups excluding carboxylic acids is 3. The predicted octanol–water partition coefficient (Wildman–Crippen LogP) is 3.81. The van der Waals surface area contributed by atoms with Crippen molar-refractivity contribution in [2.45, 2.75) is 31.7 Å². The molecular weight excluding hydrogens is 432 g/mol.